The van der Waals surface area contributed by atoms with Crippen LogP contribution < -0.4 is 15.4 Å². The third-order valence-electron chi connectivity index (χ3n) is 4.70. The molecule has 1 aromatic heterocycles. The topological polar surface area (TPSA) is 72.7 Å². The molecular weight excluding hydrogens is 517 g/mol. The fourth-order valence-electron chi connectivity index (χ4n) is 3.08. The fourth-order valence-corrected chi connectivity index (χ4v) is 3.08. The van der Waals surface area contributed by atoms with E-state index in [1.807, 2.05) is 41.2 Å². The van der Waals surface area contributed by atoms with Gasteiger partial charge in [-0.15, -0.1) is 24.0 Å². The monoisotopic (exact) mass is 549 g/mol. The van der Waals surface area contributed by atoms with E-state index < -0.39 is 0 Å². The molecule has 1 heterocycles. The van der Waals surface area contributed by atoms with Crippen molar-refractivity contribution in [1.29, 1.82) is 0 Å². The zero-order chi connectivity index (χ0) is 21.7. The van der Waals surface area contributed by atoms with Gasteiger partial charge in [0, 0.05) is 32.6 Å². The Kier molecular flexibility index (Phi) is 11.6. The summed E-state index contributed by atoms with van der Waals surface area (Å²) in [6.07, 6.45) is 3.78. The molecule has 0 radical (unpaired) electrons. The average Bonchev–Trinajstić information content (AvgIpc) is 3.31. The zero-order valence-electron chi connectivity index (χ0n) is 18.7. The minimum Gasteiger partial charge on any atom is -0.491 e. The Balaban J connectivity index is 0.00000363. The van der Waals surface area contributed by atoms with Crippen LogP contribution in [0.15, 0.2) is 72.0 Å². The molecule has 0 saturated carbocycles. The zero-order valence-corrected chi connectivity index (χ0v) is 21.0. The van der Waals surface area contributed by atoms with E-state index >= 15 is 0 Å². The molecule has 8 heteroatoms. The lowest BCUT2D eigenvalue weighted by Crippen LogP contribution is -2.37. The van der Waals surface area contributed by atoms with Crippen LogP contribution in [0.25, 0.3) is 0 Å². The molecule has 0 aliphatic rings. The molecule has 0 fully saturated rings. The van der Waals surface area contributed by atoms with E-state index in [4.69, 9.17) is 14.5 Å². The van der Waals surface area contributed by atoms with Crippen LogP contribution in [0.1, 0.15) is 23.6 Å². The smallest absolute Gasteiger partial charge is 0.191 e. The van der Waals surface area contributed by atoms with Gasteiger partial charge in [0.15, 0.2) is 5.96 Å². The molecule has 0 aliphatic heterocycles. The van der Waals surface area contributed by atoms with Gasteiger partial charge in [0.05, 0.1) is 19.7 Å². The molecule has 0 bridgehead atoms. The lowest BCUT2D eigenvalue weighted by molar-refractivity contribution is 0.146. The summed E-state index contributed by atoms with van der Waals surface area (Å²) in [5.74, 6) is 1.63. The summed E-state index contributed by atoms with van der Waals surface area (Å²) in [7, 11) is 1.67. The number of halogens is 1. The van der Waals surface area contributed by atoms with Gasteiger partial charge >= 0.3 is 0 Å². The molecule has 0 amide bonds. The van der Waals surface area contributed by atoms with Crippen LogP contribution in [0.5, 0.6) is 5.75 Å². The van der Waals surface area contributed by atoms with E-state index in [0.29, 0.717) is 26.3 Å². The summed E-state index contributed by atoms with van der Waals surface area (Å²) in [5.41, 5.74) is 3.58. The lowest BCUT2D eigenvalue weighted by atomic mass is 10.1. The van der Waals surface area contributed by atoms with Crippen molar-refractivity contribution in [2.24, 2.45) is 4.99 Å². The van der Waals surface area contributed by atoms with Crippen LogP contribution in [0.2, 0.25) is 0 Å². The highest BCUT2D eigenvalue weighted by molar-refractivity contribution is 14.0. The van der Waals surface area contributed by atoms with Gasteiger partial charge in [-0.3, -0.25) is 4.68 Å². The molecule has 0 saturated heterocycles. The van der Waals surface area contributed by atoms with E-state index in [-0.39, 0.29) is 24.0 Å². The summed E-state index contributed by atoms with van der Waals surface area (Å²) >= 11 is 0. The van der Waals surface area contributed by atoms with Gasteiger partial charge in [0.25, 0.3) is 0 Å². The minimum absolute atomic E-state index is 0. The molecular formula is C24H32IN5O2. The van der Waals surface area contributed by atoms with Gasteiger partial charge in [-0.2, -0.15) is 5.10 Å². The second-order valence-electron chi connectivity index (χ2n) is 7.01. The molecule has 3 aromatic rings. The number of guanidine groups is 1. The van der Waals surface area contributed by atoms with Gasteiger partial charge in [0.1, 0.15) is 12.4 Å². The fraction of sp³-hybridized carbons (Fsp3) is 0.333. The molecule has 32 heavy (non-hydrogen) atoms. The molecule has 2 aromatic carbocycles. The Hall–Kier alpha value is -2.59. The third-order valence-corrected chi connectivity index (χ3v) is 4.70. The van der Waals surface area contributed by atoms with Gasteiger partial charge in [-0.1, -0.05) is 36.4 Å². The number of rotatable bonds is 11. The summed E-state index contributed by atoms with van der Waals surface area (Å²) in [5, 5.41) is 11.1. The summed E-state index contributed by atoms with van der Waals surface area (Å²) in [6.45, 7) is 6.01. The number of hydrogen-bond acceptors (Lipinski definition) is 4. The third kappa shape index (κ3) is 8.51. The number of nitrogens with zero attached hydrogens (tertiary/aromatic N) is 3. The van der Waals surface area contributed by atoms with Crippen LogP contribution in [-0.2, 0) is 24.4 Å². The van der Waals surface area contributed by atoms with Gasteiger partial charge in [-0.25, -0.2) is 4.99 Å². The molecule has 7 nitrogen and oxygen atoms in total. The van der Waals surface area contributed by atoms with E-state index in [9.17, 15) is 0 Å². The standard InChI is InChI=1S/C24H31N5O2.HI/c1-3-25-24(26-17-20-9-11-23(12-10-20)31-16-15-30-2)27-18-21-7-4-5-8-22(21)19-29-14-6-13-28-29;/h4-14H,3,15-19H2,1-2H3,(H2,25,26,27);1H. The van der Waals surface area contributed by atoms with E-state index in [1.165, 1.54) is 11.1 Å². The van der Waals surface area contributed by atoms with Crippen LogP contribution in [0, 0.1) is 0 Å². The van der Waals surface area contributed by atoms with E-state index in [0.717, 1.165) is 30.4 Å². The number of benzene rings is 2. The maximum absolute atomic E-state index is 5.61. The Bertz CT molecular complexity index is 930. The number of ether oxygens (including phenoxy) is 2. The van der Waals surface area contributed by atoms with E-state index in [1.54, 1.807) is 13.3 Å². The molecule has 0 spiro atoms. The average molecular weight is 549 g/mol. The summed E-state index contributed by atoms with van der Waals surface area (Å²) in [6, 6.07) is 18.3. The van der Waals surface area contributed by atoms with Crippen LogP contribution in [0.4, 0.5) is 0 Å². The van der Waals surface area contributed by atoms with Gasteiger partial charge in [0.2, 0.25) is 0 Å². The normalized spacial score (nSPS) is 11.0. The maximum atomic E-state index is 5.61. The Labute approximate surface area is 207 Å². The van der Waals surface area contributed by atoms with Crippen molar-refractivity contribution in [3.63, 3.8) is 0 Å². The quantitative estimate of drug-likeness (QED) is 0.165. The van der Waals surface area contributed by atoms with E-state index in [2.05, 4.69) is 46.9 Å². The van der Waals surface area contributed by atoms with Crippen LogP contribution in [0.3, 0.4) is 0 Å². The molecule has 0 aliphatic carbocycles. The maximum Gasteiger partial charge on any atom is 0.191 e. The first-order valence-corrected chi connectivity index (χ1v) is 10.6. The van der Waals surface area contributed by atoms with Gasteiger partial charge in [-0.05, 0) is 41.8 Å². The molecule has 172 valence electrons. The first-order valence-electron chi connectivity index (χ1n) is 10.6. The molecule has 0 unspecified atom stereocenters. The molecule has 0 atom stereocenters. The number of methoxy groups -OCH3 is 1. The van der Waals surface area contributed by atoms with Crippen molar-refractivity contribution in [3.05, 3.63) is 83.7 Å². The van der Waals surface area contributed by atoms with Gasteiger partial charge < -0.3 is 20.1 Å². The van der Waals surface area contributed by atoms with Crippen LogP contribution in [-0.4, -0.2) is 42.6 Å². The van der Waals surface area contributed by atoms with Crippen molar-refractivity contribution in [2.75, 3.05) is 26.9 Å². The Morgan fingerprint density at radius 1 is 1.00 bits per heavy atom. The van der Waals surface area contributed by atoms with Crippen molar-refractivity contribution in [1.82, 2.24) is 20.4 Å². The SMILES string of the molecule is CCNC(=NCc1ccc(OCCOC)cc1)NCc1ccccc1Cn1cccn1.I. The number of hydrogen-bond donors (Lipinski definition) is 2. The molecule has 2 N–H and O–H groups in total. The highest BCUT2D eigenvalue weighted by atomic mass is 127. The molecule has 3 rings (SSSR count). The number of aliphatic imine (C=N–C) groups is 1. The highest BCUT2D eigenvalue weighted by Gasteiger charge is 2.05. The van der Waals surface area contributed by atoms with Crippen molar-refractivity contribution in [2.45, 2.75) is 26.6 Å². The first kappa shape index (κ1) is 25.7. The Morgan fingerprint density at radius 2 is 1.78 bits per heavy atom. The largest absolute Gasteiger partial charge is 0.491 e. The number of nitrogens with one attached hydrogen (secondary N) is 2. The second-order valence-corrected chi connectivity index (χ2v) is 7.01. The van der Waals surface area contributed by atoms with Crippen molar-refractivity contribution < 1.29 is 9.47 Å². The second kappa shape index (κ2) is 14.5. The van der Waals surface area contributed by atoms with Crippen LogP contribution >= 0.6 is 24.0 Å². The van der Waals surface area contributed by atoms with Crippen molar-refractivity contribution >= 4 is 29.9 Å². The summed E-state index contributed by atoms with van der Waals surface area (Å²) in [4.78, 5) is 4.73. The highest BCUT2D eigenvalue weighted by Crippen LogP contribution is 2.13. The van der Waals surface area contributed by atoms with Crippen molar-refractivity contribution in [3.8, 4) is 5.75 Å². The minimum atomic E-state index is 0. The Morgan fingerprint density at radius 3 is 2.47 bits per heavy atom. The summed E-state index contributed by atoms with van der Waals surface area (Å²) < 4.78 is 12.5. The predicted octanol–water partition coefficient (Wildman–Crippen LogP) is 3.83. The lowest BCUT2D eigenvalue weighted by Gasteiger charge is -2.14. The number of aromatic nitrogens is 2. The first-order chi connectivity index (χ1) is 15.3. The predicted molar refractivity (Wildman–Crippen MR) is 139 cm³/mol.